The molecular weight excluding hydrogens is 228 g/mol. The van der Waals surface area contributed by atoms with E-state index in [1.54, 1.807) is 4.88 Å². The van der Waals surface area contributed by atoms with Crippen LogP contribution in [0.25, 0.3) is 0 Å². The molecule has 17 heavy (non-hydrogen) atoms. The normalized spacial score (nSPS) is 24.4. The Morgan fingerprint density at radius 3 is 3.00 bits per heavy atom. The van der Waals surface area contributed by atoms with Crippen LogP contribution in [0.2, 0.25) is 0 Å². The lowest BCUT2D eigenvalue weighted by Gasteiger charge is -2.41. The van der Waals surface area contributed by atoms with Gasteiger partial charge in [0, 0.05) is 30.1 Å². The third-order valence-corrected chi connectivity index (χ3v) is 5.29. The molecular formula is C14H24N2S. The quantitative estimate of drug-likeness (QED) is 0.892. The molecule has 0 saturated heterocycles. The van der Waals surface area contributed by atoms with Crippen LogP contribution < -0.4 is 5.73 Å². The molecule has 2 heterocycles. The van der Waals surface area contributed by atoms with Gasteiger partial charge in [-0.15, -0.1) is 11.3 Å². The van der Waals surface area contributed by atoms with Gasteiger partial charge in [-0.2, -0.15) is 0 Å². The van der Waals surface area contributed by atoms with Gasteiger partial charge in [0.1, 0.15) is 0 Å². The predicted octanol–water partition coefficient (Wildman–Crippen LogP) is 3.04. The molecule has 3 heteroatoms. The number of nitrogens with two attached hydrogens (primary N) is 1. The average Bonchev–Trinajstić information content (AvgIpc) is 2.81. The molecule has 0 amide bonds. The number of hydrogen-bond acceptors (Lipinski definition) is 3. The van der Waals surface area contributed by atoms with Gasteiger partial charge in [0.2, 0.25) is 0 Å². The highest BCUT2D eigenvalue weighted by atomic mass is 32.1. The lowest BCUT2D eigenvalue weighted by atomic mass is 9.92. The maximum absolute atomic E-state index is 6.00. The molecule has 0 spiro atoms. The van der Waals surface area contributed by atoms with E-state index in [4.69, 9.17) is 5.73 Å². The van der Waals surface area contributed by atoms with Crippen LogP contribution in [0.15, 0.2) is 11.4 Å². The first-order valence-electron chi connectivity index (χ1n) is 6.71. The number of fused-ring (bicyclic) bond motifs is 1. The van der Waals surface area contributed by atoms with Crippen LogP contribution in [0, 0.1) is 5.92 Å². The molecule has 0 aliphatic carbocycles. The summed E-state index contributed by atoms with van der Waals surface area (Å²) in [6, 6.07) is 3.36. The zero-order chi connectivity index (χ0) is 12.4. The molecule has 3 unspecified atom stereocenters. The Hall–Kier alpha value is -0.380. The number of rotatable bonds is 4. The SMILES string of the molecule is CCC(C)C(CN)N1CCc2sccc2C1C. The topological polar surface area (TPSA) is 29.3 Å². The molecule has 1 aromatic rings. The minimum Gasteiger partial charge on any atom is -0.329 e. The van der Waals surface area contributed by atoms with Crippen molar-refractivity contribution in [2.45, 2.75) is 45.7 Å². The van der Waals surface area contributed by atoms with Gasteiger partial charge < -0.3 is 5.73 Å². The van der Waals surface area contributed by atoms with E-state index < -0.39 is 0 Å². The van der Waals surface area contributed by atoms with Crippen molar-refractivity contribution in [3.05, 3.63) is 21.9 Å². The van der Waals surface area contributed by atoms with Crippen LogP contribution in [0.1, 0.15) is 43.7 Å². The molecule has 0 bridgehead atoms. The Morgan fingerprint density at radius 2 is 2.35 bits per heavy atom. The highest BCUT2D eigenvalue weighted by Gasteiger charge is 2.31. The summed E-state index contributed by atoms with van der Waals surface area (Å²) in [7, 11) is 0. The lowest BCUT2D eigenvalue weighted by molar-refractivity contribution is 0.0998. The summed E-state index contributed by atoms with van der Waals surface area (Å²) in [6.07, 6.45) is 2.41. The molecule has 1 aliphatic rings. The summed E-state index contributed by atoms with van der Waals surface area (Å²) >= 11 is 1.91. The van der Waals surface area contributed by atoms with Crippen LogP contribution in [0.4, 0.5) is 0 Å². The Morgan fingerprint density at radius 1 is 1.59 bits per heavy atom. The van der Waals surface area contributed by atoms with Gasteiger partial charge in [-0.05, 0) is 36.3 Å². The molecule has 2 rings (SSSR count). The van der Waals surface area contributed by atoms with Crippen LogP contribution in [-0.2, 0) is 6.42 Å². The van der Waals surface area contributed by atoms with Crippen LogP contribution in [0.5, 0.6) is 0 Å². The molecule has 0 radical (unpaired) electrons. The van der Waals surface area contributed by atoms with Crippen molar-refractivity contribution in [3.63, 3.8) is 0 Å². The number of thiophene rings is 1. The molecule has 96 valence electrons. The van der Waals surface area contributed by atoms with Crippen molar-refractivity contribution in [2.24, 2.45) is 11.7 Å². The summed E-state index contributed by atoms with van der Waals surface area (Å²) in [5, 5.41) is 2.23. The van der Waals surface area contributed by atoms with E-state index in [2.05, 4.69) is 37.1 Å². The lowest BCUT2D eigenvalue weighted by Crippen LogP contribution is -2.48. The van der Waals surface area contributed by atoms with E-state index in [0.29, 0.717) is 18.0 Å². The average molecular weight is 252 g/mol. The summed E-state index contributed by atoms with van der Waals surface area (Å²) in [6.45, 7) is 8.86. The van der Waals surface area contributed by atoms with Crippen LogP contribution in [-0.4, -0.2) is 24.0 Å². The van der Waals surface area contributed by atoms with Crippen molar-refractivity contribution >= 4 is 11.3 Å². The maximum atomic E-state index is 6.00. The van der Waals surface area contributed by atoms with Gasteiger partial charge in [0.25, 0.3) is 0 Å². The second-order valence-corrected chi connectivity index (χ2v) is 6.15. The summed E-state index contributed by atoms with van der Waals surface area (Å²) in [5.74, 6) is 0.683. The second kappa shape index (κ2) is 5.51. The Bertz CT molecular complexity index is 361. The second-order valence-electron chi connectivity index (χ2n) is 5.15. The van der Waals surface area contributed by atoms with Crippen LogP contribution >= 0.6 is 11.3 Å². The summed E-state index contributed by atoms with van der Waals surface area (Å²) in [4.78, 5) is 4.19. The van der Waals surface area contributed by atoms with Crippen molar-refractivity contribution in [3.8, 4) is 0 Å². The molecule has 1 aromatic heterocycles. The minimum atomic E-state index is 0.531. The fourth-order valence-electron chi connectivity index (χ4n) is 2.95. The molecule has 2 N–H and O–H groups in total. The van der Waals surface area contributed by atoms with Gasteiger partial charge >= 0.3 is 0 Å². The summed E-state index contributed by atoms with van der Waals surface area (Å²) < 4.78 is 0. The maximum Gasteiger partial charge on any atom is 0.0334 e. The van der Waals surface area contributed by atoms with Crippen molar-refractivity contribution < 1.29 is 0 Å². The standard InChI is InChI=1S/C14H24N2S/c1-4-10(2)13(9-15)16-7-5-14-12(11(16)3)6-8-17-14/h6,8,10-11,13H,4-5,7,9,15H2,1-3H3. The van der Waals surface area contributed by atoms with Crippen molar-refractivity contribution in [1.29, 1.82) is 0 Å². The molecule has 2 nitrogen and oxygen atoms in total. The Labute approximate surface area is 109 Å². The molecule has 1 aliphatic heterocycles. The van der Waals surface area contributed by atoms with E-state index in [0.717, 1.165) is 6.54 Å². The molecule has 0 fully saturated rings. The highest BCUT2D eigenvalue weighted by Crippen LogP contribution is 2.35. The van der Waals surface area contributed by atoms with E-state index in [1.807, 2.05) is 11.3 Å². The largest absolute Gasteiger partial charge is 0.329 e. The Balaban J connectivity index is 2.18. The zero-order valence-electron chi connectivity index (χ0n) is 11.1. The fraction of sp³-hybridized carbons (Fsp3) is 0.714. The number of hydrogen-bond donors (Lipinski definition) is 1. The van der Waals surface area contributed by atoms with Crippen molar-refractivity contribution in [2.75, 3.05) is 13.1 Å². The first-order chi connectivity index (χ1) is 8.19. The van der Waals surface area contributed by atoms with Crippen molar-refractivity contribution in [1.82, 2.24) is 4.90 Å². The first kappa shape index (κ1) is 13.1. The zero-order valence-corrected chi connectivity index (χ0v) is 12.0. The smallest absolute Gasteiger partial charge is 0.0334 e. The first-order valence-corrected chi connectivity index (χ1v) is 7.59. The molecule has 3 atom stereocenters. The third kappa shape index (κ3) is 2.42. The molecule has 0 aromatic carbocycles. The third-order valence-electron chi connectivity index (χ3n) is 4.29. The van der Waals surface area contributed by atoms with Gasteiger partial charge in [-0.1, -0.05) is 20.3 Å². The number of nitrogens with zero attached hydrogens (tertiary/aromatic N) is 1. The van der Waals surface area contributed by atoms with E-state index in [9.17, 15) is 0 Å². The summed E-state index contributed by atoms with van der Waals surface area (Å²) in [5.41, 5.74) is 7.53. The van der Waals surface area contributed by atoms with Crippen LogP contribution in [0.3, 0.4) is 0 Å². The highest BCUT2D eigenvalue weighted by molar-refractivity contribution is 7.10. The van der Waals surface area contributed by atoms with Gasteiger partial charge in [-0.25, -0.2) is 0 Å². The molecule has 0 saturated carbocycles. The fourth-order valence-corrected chi connectivity index (χ4v) is 3.91. The van der Waals surface area contributed by atoms with E-state index in [-0.39, 0.29) is 0 Å². The Kier molecular flexibility index (Phi) is 4.23. The van der Waals surface area contributed by atoms with Gasteiger partial charge in [-0.3, -0.25) is 4.90 Å². The minimum absolute atomic E-state index is 0.531. The van der Waals surface area contributed by atoms with E-state index >= 15 is 0 Å². The monoisotopic (exact) mass is 252 g/mol. The van der Waals surface area contributed by atoms with Gasteiger partial charge in [0.05, 0.1) is 0 Å². The van der Waals surface area contributed by atoms with E-state index in [1.165, 1.54) is 24.9 Å². The predicted molar refractivity (Wildman–Crippen MR) is 75.4 cm³/mol. The van der Waals surface area contributed by atoms with Gasteiger partial charge in [0.15, 0.2) is 0 Å².